The summed E-state index contributed by atoms with van der Waals surface area (Å²) in [5.74, 6) is -2.85. The highest BCUT2D eigenvalue weighted by Crippen LogP contribution is 2.22. The maximum Gasteiger partial charge on any atom is 0.243 e. The third-order valence-electron chi connectivity index (χ3n) is 3.73. The minimum absolute atomic E-state index is 0.0929. The minimum Gasteiger partial charge on any atom is -0.346 e. The number of carbonyl (C=O) groups is 2. The number of hydrogen-bond acceptors (Lipinski definition) is 4. The van der Waals surface area contributed by atoms with Gasteiger partial charge in [0.05, 0.1) is 23.3 Å². The van der Waals surface area contributed by atoms with E-state index < -0.39 is 17.5 Å². The first-order valence-corrected chi connectivity index (χ1v) is 8.98. The molecule has 0 fully saturated rings. The van der Waals surface area contributed by atoms with Crippen molar-refractivity contribution >= 4 is 40.3 Å². The smallest absolute Gasteiger partial charge is 0.243 e. The zero-order valence-corrected chi connectivity index (χ0v) is 15.1. The average molecular weight is 390 g/mol. The molecule has 0 aliphatic carbocycles. The van der Waals surface area contributed by atoms with Gasteiger partial charge in [0.15, 0.2) is 16.8 Å². The van der Waals surface area contributed by atoms with Crippen LogP contribution < -0.4 is 10.6 Å². The Balaban J connectivity index is 1.48. The van der Waals surface area contributed by atoms with Crippen LogP contribution in [0.25, 0.3) is 11.0 Å². The fourth-order valence-electron chi connectivity index (χ4n) is 2.39. The summed E-state index contributed by atoms with van der Waals surface area (Å²) in [5, 5.41) is 5.55. The fraction of sp³-hybridized carbons (Fsp3) is 0.167. The highest BCUT2D eigenvalue weighted by molar-refractivity contribution is 7.99. The molecule has 0 radical (unpaired) electrons. The number of fused-ring (bicyclic) bond motifs is 1. The number of carbonyl (C=O) groups excluding carboxylic acids is 2. The highest BCUT2D eigenvalue weighted by Gasteiger charge is 2.12. The van der Waals surface area contributed by atoms with Gasteiger partial charge in [0.1, 0.15) is 0 Å². The second-order valence-corrected chi connectivity index (χ2v) is 6.63. The number of amides is 2. The number of thioether (sulfide) groups is 1. The Kier molecular flexibility index (Phi) is 5.70. The molecule has 2 amide bonds. The molecule has 0 spiro atoms. The lowest BCUT2D eigenvalue weighted by molar-refractivity contribution is -0.122. The second kappa shape index (κ2) is 8.17. The number of aryl methyl sites for hydroxylation is 1. The van der Waals surface area contributed by atoms with E-state index in [4.69, 9.17) is 0 Å². The van der Waals surface area contributed by atoms with Crippen LogP contribution in [0.4, 0.5) is 14.5 Å². The van der Waals surface area contributed by atoms with E-state index in [0.717, 1.165) is 23.2 Å². The van der Waals surface area contributed by atoms with Gasteiger partial charge in [0.25, 0.3) is 0 Å². The van der Waals surface area contributed by atoms with Crippen molar-refractivity contribution in [2.75, 3.05) is 17.6 Å². The van der Waals surface area contributed by atoms with Crippen LogP contribution in [0, 0.1) is 11.6 Å². The van der Waals surface area contributed by atoms with E-state index in [1.807, 2.05) is 35.9 Å². The van der Waals surface area contributed by atoms with Crippen LogP contribution in [0.5, 0.6) is 0 Å². The standard InChI is InChI=1S/C18H16F2N4O2S/c1-24-15-5-3-2-4-14(15)23-18(24)27-10-17(26)21-9-16(25)22-11-6-7-12(19)13(20)8-11/h2-8H,9-10H2,1H3,(H,21,26)(H,22,25). The topological polar surface area (TPSA) is 76.0 Å². The SMILES string of the molecule is Cn1c(SCC(=O)NCC(=O)Nc2ccc(F)c(F)c2)nc2ccccc21. The van der Waals surface area contributed by atoms with Gasteiger partial charge in [-0.2, -0.15) is 0 Å². The van der Waals surface area contributed by atoms with E-state index in [-0.39, 0.29) is 23.9 Å². The fourth-order valence-corrected chi connectivity index (χ4v) is 3.21. The van der Waals surface area contributed by atoms with E-state index in [9.17, 15) is 18.4 Å². The van der Waals surface area contributed by atoms with Crippen LogP contribution in [0.2, 0.25) is 0 Å². The van der Waals surface area contributed by atoms with Crippen LogP contribution in [0.3, 0.4) is 0 Å². The van der Waals surface area contributed by atoms with E-state index in [2.05, 4.69) is 15.6 Å². The summed E-state index contributed by atoms with van der Waals surface area (Å²) in [7, 11) is 1.87. The normalized spacial score (nSPS) is 10.8. The molecular weight excluding hydrogens is 374 g/mol. The molecule has 1 aromatic heterocycles. The van der Waals surface area contributed by atoms with Crippen molar-refractivity contribution in [2.45, 2.75) is 5.16 Å². The molecule has 6 nitrogen and oxygen atoms in total. The van der Waals surface area contributed by atoms with E-state index >= 15 is 0 Å². The van der Waals surface area contributed by atoms with Gasteiger partial charge in [0, 0.05) is 18.8 Å². The average Bonchev–Trinajstić information content (AvgIpc) is 2.97. The van der Waals surface area contributed by atoms with Crippen molar-refractivity contribution < 1.29 is 18.4 Å². The first-order valence-electron chi connectivity index (χ1n) is 8.00. The van der Waals surface area contributed by atoms with Crippen molar-refractivity contribution in [2.24, 2.45) is 7.05 Å². The Morgan fingerprint density at radius 2 is 1.89 bits per heavy atom. The third-order valence-corrected chi connectivity index (χ3v) is 4.76. The quantitative estimate of drug-likeness (QED) is 0.635. The van der Waals surface area contributed by atoms with Crippen molar-refractivity contribution in [3.05, 3.63) is 54.1 Å². The van der Waals surface area contributed by atoms with Gasteiger partial charge in [-0.05, 0) is 24.3 Å². The van der Waals surface area contributed by atoms with Crippen LogP contribution in [0.1, 0.15) is 0 Å². The van der Waals surface area contributed by atoms with E-state index in [0.29, 0.717) is 5.16 Å². The molecule has 0 unspecified atom stereocenters. The molecule has 0 bridgehead atoms. The number of rotatable bonds is 6. The minimum atomic E-state index is -1.06. The maximum absolute atomic E-state index is 13.1. The number of nitrogens with zero attached hydrogens (tertiary/aromatic N) is 2. The lowest BCUT2D eigenvalue weighted by Gasteiger charge is -2.07. The van der Waals surface area contributed by atoms with Gasteiger partial charge in [-0.25, -0.2) is 13.8 Å². The number of aromatic nitrogens is 2. The van der Waals surface area contributed by atoms with Gasteiger partial charge in [-0.3, -0.25) is 9.59 Å². The van der Waals surface area contributed by atoms with Crippen LogP contribution >= 0.6 is 11.8 Å². The molecule has 0 atom stereocenters. The summed E-state index contributed by atoms with van der Waals surface area (Å²) in [4.78, 5) is 28.2. The molecular formula is C18H16F2N4O2S. The predicted molar refractivity (Wildman–Crippen MR) is 99.4 cm³/mol. The Morgan fingerprint density at radius 1 is 1.11 bits per heavy atom. The summed E-state index contributed by atoms with van der Waals surface area (Å²) in [5.41, 5.74) is 1.92. The Labute approximate surface area is 158 Å². The van der Waals surface area contributed by atoms with Crippen molar-refractivity contribution in [3.63, 3.8) is 0 Å². The lowest BCUT2D eigenvalue weighted by Crippen LogP contribution is -2.34. The molecule has 2 aromatic carbocycles. The number of hydrogen-bond donors (Lipinski definition) is 2. The predicted octanol–water partition coefficient (Wildman–Crippen LogP) is 2.70. The highest BCUT2D eigenvalue weighted by atomic mass is 32.2. The molecule has 3 aromatic rings. The Bertz CT molecular complexity index is 1010. The van der Waals surface area contributed by atoms with E-state index in [1.165, 1.54) is 17.8 Å². The molecule has 0 aliphatic rings. The maximum atomic E-state index is 13.1. The van der Waals surface area contributed by atoms with Crippen LogP contribution in [0.15, 0.2) is 47.6 Å². The molecule has 140 valence electrons. The number of nitrogens with one attached hydrogen (secondary N) is 2. The van der Waals surface area contributed by atoms with Gasteiger partial charge < -0.3 is 15.2 Å². The van der Waals surface area contributed by atoms with Crippen molar-refractivity contribution in [1.82, 2.24) is 14.9 Å². The molecule has 0 saturated heterocycles. The number of halogens is 2. The zero-order valence-electron chi connectivity index (χ0n) is 14.3. The molecule has 9 heteroatoms. The number of para-hydroxylation sites is 2. The van der Waals surface area contributed by atoms with E-state index in [1.54, 1.807) is 0 Å². The first-order chi connectivity index (χ1) is 12.9. The number of imidazole rings is 1. The lowest BCUT2D eigenvalue weighted by atomic mass is 10.3. The molecule has 0 aliphatic heterocycles. The number of benzene rings is 2. The third kappa shape index (κ3) is 4.62. The van der Waals surface area contributed by atoms with Gasteiger partial charge in [-0.1, -0.05) is 23.9 Å². The monoisotopic (exact) mass is 390 g/mol. The van der Waals surface area contributed by atoms with Crippen LogP contribution in [-0.2, 0) is 16.6 Å². The second-order valence-electron chi connectivity index (χ2n) is 5.68. The largest absolute Gasteiger partial charge is 0.346 e. The molecule has 0 saturated carbocycles. The molecule has 2 N–H and O–H groups in total. The Hall–Kier alpha value is -2.94. The summed E-state index contributed by atoms with van der Waals surface area (Å²) in [6.45, 7) is -0.277. The van der Waals surface area contributed by atoms with Crippen LogP contribution in [-0.4, -0.2) is 33.7 Å². The van der Waals surface area contributed by atoms with Gasteiger partial charge in [-0.15, -0.1) is 0 Å². The summed E-state index contributed by atoms with van der Waals surface area (Å²) in [6, 6.07) is 10.7. The molecule has 1 heterocycles. The summed E-state index contributed by atoms with van der Waals surface area (Å²) < 4.78 is 27.9. The molecule has 3 rings (SSSR count). The van der Waals surface area contributed by atoms with Gasteiger partial charge in [0.2, 0.25) is 11.8 Å². The zero-order chi connectivity index (χ0) is 19.4. The molecule has 27 heavy (non-hydrogen) atoms. The summed E-state index contributed by atoms with van der Waals surface area (Å²) in [6.07, 6.45) is 0. The van der Waals surface area contributed by atoms with Crippen molar-refractivity contribution in [3.8, 4) is 0 Å². The van der Waals surface area contributed by atoms with Crippen molar-refractivity contribution in [1.29, 1.82) is 0 Å². The number of anilines is 1. The van der Waals surface area contributed by atoms with Gasteiger partial charge >= 0.3 is 0 Å². The summed E-state index contributed by atoms with van der Waals surface area (Å²) >= 11 is 1.26. The first kappa shape index (κ1) is 18.8. The Morgan fingerprint density at radius 3 is 2.63 bits per heavy atom.